The van der Waals surface area contributed by atoms with Gasteiger partial charge in [-0.15, -0.1) is 16.5 Å². The second-order valence-corrected chi connectivity index (χ2v) is 7.35. The van der Waals surface area contributed by atoms with E-state index in [4.69, 9.17) is 9.47 Å². The van der Waals surface area contributed by atoms with Crippen LogP contribution >= 0.6 is 11.3 Å². The number of methoxy groups -OCH3 is 1. The highest BCUT2D eigenvalue weighted by Crippen LogP contribution is 2.47. The van der Waals surface area contributed by atoms with Gasteiger partial charge >= 0.3 is 0 Å². The summed E-state index contributed by atoms with van der Waals surface area (Å²) in [4.78, 5) is 9.16. The fourth-order valence-corrected chi connectivity index (χ4v) is 4.10. The van der Waals surface area contributed by atoms with E-state index in [0.29, 0.717) is 39.8 Å². The highest BCUT2D eigenvalue weighted by Gasteiger charge is 2.20. The Labute approximate surface area is 177 Å². The van der Waals surface area contributed by atoms with Crippen LogP contribution in [0.2, 0.25) is 0 Å². The van der Waals surface area contributed by atoms with E-state index in [9.17, 15) is 5.11 Å². The molecule has 0 saturated carbocycles. The standard InChI is InChI=1S/C22H20N4O3S/c1-3-29-17-7-5-4-6-16(17)20-19(27)18-21(30-20)22(24-13-23-18)26-25-12-14-8-10-15(28-2)11-9-14/h4-11,13,27H,3,12H2,1-2H3. The van der Waals surface area contributed by atoms with Gasteiger partial charge in [0.05, 0.1) is 25.1 Å². The van der Waals surface area contributed by atoms with Crippen molar-refractivity contribution in [1.82, 2.24) is 9.97 Å². The molecule has 2 aromatic carbocycles. The summed E-state index contributed by atoms with van der Waals surface area (Å²) in [5, 5.41) is 19.4. The van der Waals surface area contributed by atoms with Crippen LogP contribution in [0.25, 0.3) is 20.7 Å². The topological polar surface area (TPSA) is 89.2 Å². The van der Waals surface area contributed by atoms with E-state index in [-0.39, 0.29) is 5.75 Å². The maximum atomic E-state index is 10.8. The summed E-state index contributed by atoms with van der Waals surface area (Å²) in [6, 6.07) is 15.2. The minimum atomic E-state index is 0.0937. The van der Waals surface area contributed by atoms with Crippen molar-refractivity contribution in [2.45, 2.75) is 13.5 Å². The molecule has 0 radical (unpaired) electrons. The molecule has 8 heteroatoms. The van der Waals surface area contributed by atoms with Gasteiger partial charge in [0.1, 0.15) is 28.0 Å². The SMILES string of the molecule is CCOc1ccccc1-c1sc2c(N=NCc3ccc(OC)cc3)ncnc2c1O. The minimum absolute atomic E-state index is 0.0937. The van der Waals surface area contributed by atoms with Gasteiger partial charge < -0.3 is 14.6 Å². The first-order chi connectivity index (χ1) is 14.7. The van der Waals surface area contributed by atoms with E-state index in [1.54, 1.807) is 7.11 Å². The number of benzene rings is 2. The Morgan fingerprint density at radius 3 is 2.63 bits per heavy atom. The van der Waals surface area contributed by atoms with Gasteiger partial charge in [-0.05, 0) is 36.8 Å². The molecule has 0 fully saturated rings. The fourth-order valence-electron chi connectivity index (χ4n) is 2.99. The largest absolute Gasteiger partial charge is 0.504 e. The smallest absolute Gasteiger partial charge is 0.195 e. The van der Waals surface area contributed by atoms with Crippen LogP contribution in [0.1, 0.15) is 12.5 Å². The van der Waals surface area contributed by atoms with Crippen LogP contribution in [0.3, 0.4) is 0 Å². The maximum absolute atomic E-state index is 10.8. The molecule has 30 heavy (non-hydrogen) atoms. The van der Waals surface area contributed by atoms with Gasteiger partial charge in [-0.3, -0.25) is 0 Å². The molecule has 152 valence electrons. The lowest BCUT2D eigenvalue weighted by molar-refractivity contribution is 0.341. The number of nitrogens with zero attached hydrogens (tertiary/aromatic N) is 4. The molecule has 7 nitrogen and oxygen atoms in total. The number of fused-ring (bicyclic) bond motifs is 1. The summed E-state index contributed by atoms with van der Waals surface area (Å²) in [6.45, 7) is 2.87. The number of aromatic nitrogens is 2. The number of para-hydroxylation sites is 1. The molecular weight excluding hydrogens is 400 g/mol. The molecule has 2 heterocycles. The number of rotatable bonds is 7. The lowest BCUT2D eigenvalue weighted by Gasteiger charge is -2.08. The molecule has 0 atom stereocenters. The van der Waals surface area contributed by atoms with Gasteiger partial charge in [-0.1, -0.05) is 24.3 Å². The zero-order chi connectivity index (χ0) is 20.9. The van der Waals surface area contributed by atoms with Crippen LogP contribution in [-0.2, 0) is 6.54 Å². The average molecular weight is 420 g/mol. The molecule has 0 aliphatic carbocycles. The average Bonchev–Trinajstić information content (AvgIpc) is 3.12. The highest BCUT2D eigenvalue weighted by atomic mass is 32.1. The second kappa shape index (κ2) is 8.87. The molecule has 0 bridgehead atoms. The van der Waals surface area contributed by atoms with Crippen LogP contribution in [0.5, 0.6) is 17.2 Å². The van der Waals surface area contributed by atoms with Crippen LogP contribution < -0.4 is 9.47 Å². The summed E-state index contributed by atoms with van der Waals surface area (Å²) in [6.07, 6.45) is 1.38. The van der Waals surface area contributed by atoms with Crippen LogP contribution in [0.15, 0.2) is 65.1 Å². The van der Waals surface area contributed by atoms with Gasteiger partial charge in [-0.2, -0.15) is 5.11 Å². The number of ether oxygens (including phenoxy) is 2. The second-order valence-electron chi connectivity index (χ2n) is 6.33. The molecular formula is C22H20N4O3S. The third kappa shape index (κ3) is 3.95. The molecule has 4 aromatic rings. The van der Waals surface area contributed by atoms with E-state index in [1.807, 2.05) is 55.5 Å². The number of aromatic hydroxyl groups is 1. The molecule has 2 aromatic heterocycles. The van der Waals surface area contributed by atoms with Crippen LogP contribution in [0, 0.1) is 0 Å². The van der Waals surface area contributed by atoms with Gasteiger partial charge in [0.15, 0.2) is 11.6 Å². The summed E-state index contributed by atoms with van der Waals surface area (Å²) in [7, 11) is 1.63. The van der Waals surface area contributed by atoms with Crippen LogP contribution in [-0.4, -0.2) is 28.8 Å². The monoisotopic (exact) mass is 420 g/mol. The number of hydrogen-bond acceptors (Lipinski definition) is 8. The molecule has 0 unspecified atom stereocenters. The Morgan fingerprint density at radius 2 is 1.87 bits per heavy atom. The molecule has 0 saturated heterocycles. The first-order valence-electron chi connectivity index (χ1n) is 9.40. The summed E-state index contributed by atoms with van der Waals surface area (Å²) in [5.41, 5.74) is 2.26. The van der Waals surface area contributed by atoms with E-state index < -0.39 is 0 Å². The number of hydrogen-bond donors (Lipinski definition) is 1. The molecule has 1 N–H and O–H groups in total. The van der Waals surface area contributed by atoms with Crippen molar-refractivity contribution >= 4 is 27.4 Å². The first-order valence-corrected chi connectivity index (χ1v) is 10.2. The minimum Gasteiger partial charge on any atom is -0.504 e. The van der Waals surface area contributed by atoms with Crippen molar-refractivity contribution in [1.29, 1.82) is 0 Å². The zero-order valence-corrected chi connectivity index (χ0v) is 17.4. The highest BCUT2D eigenvalue weighted by molar-refractivity contribution is 7.23. The van der Waals surface area contributed by atoms with Crippen molar-refractivity contribution in [3.8, 4) is 27.7 Å². The van der Waals surface area contributed by atoms with Gasteiger partial charge in [0, 0.05) is 5.56 Å². The first kappa shape index (κ1) is 19.8. The van der Waals surface area contributed by atoms with Gasteiger partial charge in [-0.25, -0.2) is 9.97 Å². The summed E-state index contributed by atoms with van der Waals surface area (Å²) >= 11 is 1.37. The Bertz CT molecular complexity index is 1190. The Kier molecular flexibility index (Phi) is 5.85. The van der Waals surface area contributed by atoms with Crippen molar-refractivity contribution < 1.29 is 14.6 Å². The zero-order valence-electron chi connectivity index (χ0n) is 16.6. The van der Waals surface area contributed by atoms with Crippen molar-refractivity contribution in [2.75, 3.05) is 13.7 Å². The quantitative estimate of drug-likeness (QED) is 0.384. The number of azo groups is 1. The molecule has 0 aliphatic heterocycles. The number of thiophene rings is 1. The Balaban J connectivity index is 1.66. The van der Waals surface area contributed by atoms with E-state index >= 15 is 0 Å². The van der Waals surface area contributed by atoms with E-state index in [1.165, 1.54) is 17.7 Å². The lowest BCUT2D eigenvalue weighted by atomic mass is 10.1. The maximum Gasteiger partial charge on any atom is 0.195 e. The lowest BCUT2D eigenvalue weighted by Crippen LogP contribution is -1.92. The molecule has 0 aliphatic rings. The summed E-state index contributed by atoms with van der Waals surface area (Å²) < 4.78 is 11.5. The van der Waals surface area contributed by atoms with Crippen molar-refractivity contribution in [2.24, 2.45) is 10.2 Å². The fraction of sp³-hybridized carbons (Fsp3) is 0.182. The predicted octanol–water partition coefficient (Wildman–Crippen LogP) is 5.76. The van der Waals surface area contributed by atoms with E-state index in [2.05, 4.69) is 20.2 Å². The predicted molar refractivity (Wildman–Crippen MR) is 117 cm³/mol. The Morgan fingerprint density at radius 1 is 1.07 bits per heavy atom. The van der Waals surface area contributed by atoms with Gasteiger partial charge in [0.25, 0.3) is 0 Å². The van der Waals surface area contributed by atoms with Crippen LogP contribution in [0.4, 0.5) is 5.82 Å². The summed E-state index contributed by atoms with van der Waals surface area (Å²) in [5.74, 6) is 2.02. The van der Waals surface area contributed by atoms with E-state index in [0.717, 1.165) is 16.9 Å². The Hall–Kier alpha value is -3.52. The third-order valence-corrected chi connectivity index (χ3v) is 5.64. The molecule has 0 spiro atoms. The third-order valence-electron chi connectivity index (χ3n) is 4.44. The van der Waals surface area contributed by atoms with Gasteiger partial charge in [0.2, 0.25) is 0 Å². The van der Waals surface area contributed by atoms with Crippen molar-refractivity contribution in [3.63, 3.8) is 0 Å². The molecule has 4 rings (SSSR count). The van der Waals surface area contributed by atoms with Crippen molar-refractivity contribution in [3.05, 3.63) is 60.4 Å². The molecule has 0 amide bonds. The normalized spacial score (nSPS) is 11.3.